The highest BCUT2D eigenvalue weighted by Crippen LogP contribution is 2.16. The molecule has 0 saturated carbocycles. The quantitative estimate of drug-likeness (QED) is 0.439. The van der Waals surface area contributed by atoms with Gasteiger partial charge in [-0.05, 0) is 52.0 Å². The monoisotopic (exact) mass is 465 g/mol. The molecule has 3 aromatic carbocycles. The zero-order valence-corrected chi connectivity index (χ0v) is 21.5. The summed E-state index contributed by atoms with van der Waals surface area (Å²) >= 11 is 0. The minimum atomic E-state index is 0. The molecule has 0 aromatic heterocycles. The van der Waals surface area contributed by atoms with Crippen molar-refractivity contribution in [2.75, 3.05) is 36.0 Å². The van der Waals surface area contributed by atoms with Crippen molar-refractivity contribution in [1.29, 1.82) is 0 Å². The number of rotatable bonds is 12. The van der Waals surface area contributed by atoms with Gasteiger partial charge in [-0.25, -0.2) is 0 Å². The predicted octanol–water partition coefficient (Wildman–Crippen LogP) is 2.17. The number of nitrogens with one attached hydrogen (secondary N) is 1. The Kier molecular flexibility index (Phi) is 11.3. The minimum absolute atomic E-state index is 0. The molecule has 3 rings (SSSR count). The third kappa shape index (κ3) is 7.80. The molecule has 0 atom stereocenters. The van der Waals surface area contributed by atoms with Crippen molar-refractivity contribution in [2.45, 2.75) is 47.3 Å². The van der Waals surface area contributed by atoms with Crippen LogP contribution in [-0.2, 0) is 19.6 Å². The van der Waals surface area contributed by atoms with Gasteiger partial charge in [0.2, 0.25) is 0 Å². The number of anilines is 2. The number of quaternary nitrogens is 1. The van der Waals surface area contributed by atoms with Crippen LogP contribution >= 0.6 is 0 Å². The largest absolute Gasteiger partial charge is 1.00 e. The van der Waals surface area contributed by atoms with Crippen LogP contribution in [0, 0.1) is 0 Å². The zero-order valence-electron chi connectivity index (χ0n) is 20.7. The van der Waals surface area contributed by atoms with Crippen LogP contribution in [0.3, 0.4) is 0 Å². The van der Waals surface area contributed by atoms with Crippen molar-refractivity contribution in [1.82, 2.24) is 0 Å². The normalized spacial score (nSPS) is 10.7. The second kappa shape index (κ2) is 13.9. The lowest BCUT2D eigenvalue weighted by Gasteiger charge is -2.23. The van der Waals surface area contributed by atoms with Crippen LogP contribution in [0.15, 0.2) is 78.9 Å². The summed E-state index contributed by atoms with van der Waals surface area (Å²) in [6.45, 7) is 16.1. The van der Waals surface area contributed by atoms with Gasteiger partial charge in [0.15, 0.2) is 0 Å². The smallest absolute Gasteiger partial charge is 0.103 e. The lowest BCUT2D eigenvalue weighted by atomic mass is 10.1. The van der Waals surface area contributed by atoms with E-state index in [2.05, 4.69) is 116 Å². The molecule has 0 fully saturated rings. The maximum Gasteiger partial charge on any atom is 0.103 e. The van der Waals surface area contributed by atoms with Gasteiger partial charge in [-0.15, -0.1) is 0 Å². The van der Waals surface area contributed by atoms with Gasteiger partial charge in [-0.1, -0.05) is 54.6 Å². The highest BCUT2D eigenvalue weighted by molar-refractivity contribution is 5.48. The van der Waals surface area contributed by atoms with Gasteiger partial charge in [0, 0.05) is 54.2 Å². The molecule has 0 aliphatic rings. The van der Waals surface area contributed by atoms with E-state index in [0.717, 1.165) is 45.8 Å². The predicted molar refractivity (Wildman–Crippen MR) is 139 cm³/mol. The minimum Gasteiger partial charge on any atom is -1.00 e. The van der Waals surface area contributed by atoms with Crippen LogP contribution in [0.4, 0.5) is 11.4 Å². The number of hydrogen-bond donors (Lipinski definition) is 1. The van der Waals surface area contributed by atoms with Crippen LogP contribution in [0.5, 0.6) is 0 Å². The van der Waals surface area contributed by atoms with Crippen LogP contribution < -0.4 is 27.1 Å². The fraction of sp³-hybridized carbons (Fsp3) is 0.379. The van der Waals surface area contributed by atoms with Crippen molar-refractivity contribution >= 4 is 11.4 Å². The Balaban J connectivity index is 0.00000385. The van der Waals surface area contributed by atoms with Gasteiger partial charge < -0.3 is 27.1 Å². The Bertz CT molecular complexity index is 844. The molecule has 33 heavy (non-hydrogen) atoms. The Morgan fingerprint density at radius 1 is 0.485 bits per heavy atom. The highest BCUT2D eigenvalue weighted by Gasteiger charge is 2.13. The lowest BCUT2D eigenvalue weighted by Crippen LogP contribution is -3.08. The van der Waals surface area contributed by atoms with E-state index >= 15 is 0 Å². The number of nitrogens with zero attached hydrogens (tertiary/aromatic N) is 2. The Morgan fingerprint density at radius 3 is 1.15 bits per heavy atom. The van der Waals surface area contributed by atoms with Gasteiger partial charge in [-0.2, -0.15) is 0 Å². The van der Waals surface area contributed by atoms with Gasteiger partial charge in [0.25, 0.3) is 0 Å². The fourth-order valence-electron chi connectivity index (χ4n) is 4.48. The Labute approximate surface area is 207 Å². The van der Waals surface area contributed by atoms with Crippen LogP contribution in [0.25, 0.3) is 0 Å². The second-order valence-corrected chi connectivity index (χ2v) is 8.44. The molecule has 0 unspecified atom stereocenters. The van der Waals surface area contributed by atoms with Crippen molar-refractivity contribution in [3.8, 4) is 0 Å². The maximum absolute atomic E-state index is 2.40. The average Bonchev–Trinajstić information content (AvgIpc) is 2.83. The first-order chi connectivity index (χ1) is 15.7. The molecular formula is C29H40ClN3. The fourth-order valence-corrected chi connectivity index (χ4v) is 4.48. The molecule has 0 spiro atoms. The van der Waals surface area contributed by atoms with E-state index in [0.29, 0.717) is 0 Å². The highest BCUT2D eigenvalue weighted by atomic mass is 35.5. The van der Waals surface area contributed by atoms with Crippen LogP contribution in [-0.4, -0.2) is 26.2 Å². The van der Waals surface area contributed by atoms with E-state index in [1.807, 2.05) is 0 Å². The Morgan fingerprint density at radius 2 is 0.818 bits per heavy atom. The van der Waals surface area contributed by atoms with Gasteiger partial charge in [-0.3, -0.25) is 0 Å². The summed E-state index contributed by atoms with van der Waals surface area (Å²) in [5.41, 5.74) is 6.81. The number of benzene rings is 3. The summed E-state index contributed by atoms with van der Waals surface area (Å²) in [5.74, 6) is 0. The van der Waals surface area contributed by atoms with E-state index < -0.39 is 0 Å². The molecule has 3 aromatic rings. The van der Waals surface area contributed by atoms with Crippen LogP contribution in [0.2, 0.25) is 0 Å². The van der Waals surface area contributed by atoms with Crippen molar-refractivity contribution in [2.24, 2.45) is 0 Å². The summed E-state index contributed by atoms with van der Waals surface area (Å²) in [6.07, 6.45) is 0. The standard InChI is InChI=1S/C29H39N3.ClH/c1-5-31(6-2)28-18-14-26(15-19-28)23-30(22-25-12-10-9-11-13-25)24-27-16-20-29(21-17-27)32(7-3)8-4;/h9-21H,5-8,22-24H2,1-4H3;1H. The lowest BCUT2D eigenvalue weighted by molar-refractivity contribution is -0.941. The van der Waals surface area contributed by atoms with E-state index in [1.54, 1.807) is 4.90 Å². The van der Waals surface area contributed by atoms with Crippen molar-refractivity contribution in [3.05, 3.63) is 95.6 Å². The summed E-state index contributed by atoms with van der Waals surface area (Å²) in [7, 11) is 0. The molecular weight excluding hydrogens is 426 g/mol. The van der Waals surface area contributed by atoms with Gasteiger partial charge in [0.1, 0.15) is 19.6 Å². The molecule has 0 aliphatic heterocycles. The zero-order chi connectivity index (χ0) is 22.8. The number of hydrogen-bond acceptors (Lipinski definition) is 2. The number of halogens is 1. The molecule has 0 radical (unpaired) electrons. The third-order valence-electron chi connectivity index (χ3n) is 6.34. The first-order valence-electron chi connectivity index (χ1n) is 12.2. The first kappa shape index (κ1) is 26.8. The Hall–Kier alpha value is -2.49. The SMILES string of the molecule is CCN(CC)c1ccc(C[NH+](Cc2ccccc2)Cc2ccc(N(CC)CC)cc2)cc1.[Cl-]. The topological polar surface area (TPSA) is 10.9 Å². The molecule has 0 aliphatic carbocycles. The molecule has 178 valence electrons. The molecule has 0 saturated heterocycles. The van der Waals surface area contributed by atoms with E-state index in [1.165, 1.54) is 28.1 Å². The third-order valence-corrected chi connectivity index (χ3v) is 6.34. The van der Waals surface area contributed by atoms with E-state index in [4.69, 9.17) is 0 Å². The summed E-state index contributed by atoms with van der Waals surface area (Å²) in [6, 6.07) is 29.2. The average molecular weight is 466 g/mol. The molecule has 0 amide bonds. The second-order valence-electron chi connectivity index (χ2n) is 8.44. The van der Waals surface area contributed by atoms with E-state index in [-0.39, 0.29) is 12.4 Å². The molecule has 4 heteroatoms. The molecule has 0 bridgehead atoms. The van der Waals surface area contributed by atoms with Crippen LogP contribution in [0.1, 0.15) is 44.4 Å². The molecule has 3 nitrogen and oxygen atoms in total. The molecule has 1 N–H and O–H groups in total. The first-order valence-corrected chi connectivity index (χ1v) is 12.2. The van der Waals surface area contributed by atoms with Gasteiger partial charge >= 0.3 is 0 Å². The summed E-state index contributed by atoms with van der Waals surface area (Å²) in [5, 5.41) is 0. The van der Waals surface area contributed by atoms with Crippen molar-refractivity contribution < 1.29 is 17.3 Å². The summed E-state index contributed by atoms with van der Waals surface area (Å²) in [4.78, 5) is 6.36. The van der Waals surface area contributed by atoms with E-state index in [9.17, 15) is 0 Å². The molecule has 0 heterocycles. The van der Waals surface area contributed by atoms with Crippen molar-refractivity contribution in [3.63, 3.8) is 0 Å². The summed E-state index contributed by atoms with van der Waals surface area (Å²) < 4.78 is 0. The van der Waals surface area contributed by atoms with Gasteiger partial charge in [0.05, 0.1) is 0 Å². The maximum atomic E-state index is 2.40.